The van der Waals surface area contributed by atoms with Crippen LogP contribution in [0.5, 0.6) is 0 Å². The molecule has 154 valence electrons. The van der Waals surface area contributed by atoms with Crippen molar-refractivity contribution in [3.8, 4) is 0 Å². The topological polar surface area (TPSA) is 52.7 Å². The first-order valence-electron chi connectivity index (χ1n) is 10.7. The highest BCUT2D eigenvalue weighted by Crippen LogP contribution is 2.26. The Morgan fingerprint density at radius 2 is 1.89 bits per heavy atom. The fourth-order valence-corrected chi connectivity index (χ4v) is 4.56. The number of carbonyl (C=O) groups is 2. The van der Waals surface area contributed by atoms with E-state index in [2.05, 4.69) is 62.2 Å². The fourth-order valence-electron chi connectivity index (χ4n) is 4.56. The molecule has 1 aromatic rings. The zero-order valence-electron chi connectivity index (χ0n) is 17.8. The smallest absolute Gasteiger partial charge is 0.225 e. The van der Waals surface area contributed by atoms with E-state index in [4.69, 9.17) is 0 Å². The Hall–Kier alpha value is -1.88. The molecule has 1 aromatic carbocycles. The quantitative estimate of drug-likeness (QED) is 0.785. The second-order valence-corrected chi connectivity index (χ2v) is 8.89. The van der Waals surface area contributed by atoms with Gasteiger partial charge in [0.15, 0.2) is 0 Å². The summed E-state index contributed by atoms with van der Waals surface area (Å²) in [5, 5.41) is 3.14. The third kappa shape index (κ3) is 4.40. The molecule has 2 amide bonds. The van der Waals surface area contributed by atoms with Gasteiger partial charge in [-0.05, 0) is 44.2 Å². The number of fused-ring (bicyclic) bond motifs is 1. The van der Waals surface area contributed by atoms with Crippen molar-refractivity contribution in [3.63, 3.8) is 0 Å². The lowest BCUT2D eigenvalue weighted by Crippen LogP contribution is -2.53. The summed E-state index contributed by atoms with van der Waals surface area (Å²) in [5.41, 5.74) is 2.70. The summed E-state index contributed by atoms with van der Waals surface area (Å²) in [4.78, 5) is 29.5. The number of amides is 2. The molecule has 0 spiro atoms. The average Bonchev–Trinajstić information content (AvgIpc) is 3.08. The second-order valence-electron chi connectivity index (χ2n) is 8.89. The summed E-state index contributed by atoms with van der Waals surface area (Å²) < 4.78 is 0. The van der Waals surface area contributed by atoms with E-state index in [9.17, 15) is 9.59 Å². The number of likely N-dealkylation sites (tertiary alicyclic amines) is 1. The van der Waals surface area contributed by atoms with E-state index >= 15 is 0 Å². The van der Waals surface area contributed by atoms with Gasteiger partial charge < -0.3 is 10.2 Å². The molecular weight excluding hydrogens is 350 g/mol. The fraction of sp³-hybridized carbons (Fsp3) is 0.652. The largest absolute Gasteiger partial charge is 0.354 e. The van der Waals surface area contributed by atoms with Gasteiger partial charge in [0.1, 0.15) is 0 Å². The summed E-state index contributed by atoms with van der Waals surface area (Å²) in [6.07, 6.45) is 3.29. The summed E-state index contributed by atoms with van der Waals surface area (Å²) in [6.45, 7) is 11.7. The molecule has 2 aliphatic heterocycles. The lowest BCUT2D eigenvalue weighted by Gasteiger charge is -2.41. The predicted molar refractivity (Wildman–Crippen MR) is 112 cm³/mol. The van der Waals surface area contributed by atoms with E-state index < -0.39 is 0 Å². The molecule has 0 saturated carbocycles. The van der Waals surface area contributed by atoms with Crippen molar-refractivity contribution in [3.05, 3.63) is 35.4 Å². The molecule has 1 saturated heterocycles. The standard InChI is InChI=1S/C23H35N3O2/c1-5-20(6-2)26-15-19(13-21(26)27)22(28)24-16-23(3,4)25-12-11-17-9-7-8-10-18(17)14-25/h7-10,19-20H,5-6,11-16H2,1-4H3,(H,24,28). The van der Waals surface area contributed by atoms with E-state index in [0.29, 0.717) is 19.5 Å². The van der Waals surface area contributed by atoms with Crippen molar-refractivity contribution >= 4 is 11.8 Å². The summed E-state index contributed by atoms with van der Waals surface area (Å²) in [6, 6.07) is 8.87. The minimum atomic E-state index is -0.217. The van der Waals surface area contributed by atoms with E-state index in [-0.39, 0.29) is 29.3 Å². The second kappa shape index (κ2) is 8.64. The third-order valence-electron chi connectivity index (χ3n) is 6.59. The molecular formula is C23H35N3O2. The van der Waals surface area contributed by atoms with Gasteiger partial charge in [-0.3, -0.25) is 14.5 Å². The Morgan fingerprint density at radius 1 is 1.21 bits per heavy atom. The van der Waals surface area contributed by atoms with Crippen LogP contribution < -0.4 is 5.32 Å². The highest BCUT2D eigenvalue weighted by Gasteiger charge is 2.38. The zero-order valence-corrected chi connectivity index (χ0v) is 17.8. The van der Waals surface area contributed by atoms with Gasteiger partial charge in [0.2, 0.25) is 11.8 Å². The van der Waals surface area contributed by atoms with Crippen LogP contribution in [-0.2, 0) is 22.6 Å². The molecule has 1 atom stereocenters. The van der Waals surface area contributed by atoms with Crippen LogP contribution in [0.15, 0.2) is 24.3 Å². The normalized spacial score (nSPS) is 20.5. The molecule has 1 unspecified atom stereocenters. The monoisotopic (exact) mass is 385 g/mol. The van der Waals surface area contributed by atoms with Crippen molar-refractivity contribution in [2.24, 2.45) is 5.92 Å². The van der Waals surface area contributed by atoms with E-state index in [0.717, 1.165) is 32.4 Å². The van der Waals surface area contributed by atoms with Gasteiger partial charge in [-0.1, -0.05) is 38.1 Å². The van der Waals surface area contributed by atoms with E-state index in [1.807, 2.05) is 4.90 Å². The van der Waals surface area contributed by atoms with Crippen LogP contribution in [0.2, 0.25) is 0 Å². The van der Waals surface area contributed by atoms with Gasteiger partial charge in [-0.25, -0.2) is 0 Å². The predicted octanol–water partition coefficient (Wildman–Crippen LogP) is 2.98. The van der Waals surface area contributed by atoms with Crippen LogP contribution in [0.25, 0.3) is 0 Å². The van der Waals surface area contributed by atoms with Crippen LogP contribution in [0.4, 0.5) is 0 Å². The van der Waals surface area contributed by atoms with Gasteiger partial charge in [0.25, 0.3) is 0 Å². The maximum atomic E-state index is 12.8. The molecule has 1 fully saturated rings. The van der Waals surface area contributed by atoms with Gasteiger partial charge in [-0.15, -0.1) is 0 Å². The number of nitrogens with zero attached hydrogens (tertiary/aromatic N) is 2. The van der Waals surface area contributed by atoms with Crippen LogP contribution in [0.3, 0.4) is 0 Å². The first-order chi connectivity index (χ1) is 13.4. The molecule has 2 heterocycles. The molecule has 5 nitrogen and oxygen atoms in total. The first-order valence-corrected chi connectivity index (χ1v) is 10.7. The Labute approximate surface area is 169 Å². The number of nitrogens with one attached hydrogen (secondary N) is 1. The molecule has 2 aliphatic rings. The highest BCUT2D eigenvalue weighted by molar-refractivity contribution is 5.89. The summed E-state index contributed by atoms with van der Waals surface area (Å²) in [5.74, 6) is -0.0704. The molecule has 0 radical (unpaired) electrons. The number of benzene rings is 1. The summed E-state index contributed by atoms with van der Waals surface area (Å²) >= 11 is 0. The van der Waals surface area contributed by atoms with Crippen LogP contribution in [0.1, 0.15) is 58.1 Å². The zero-order chi connectivity index (χ0) is 20.3. The summed E-state index contributed by atoms with van der Waals surface area (Å²) in [7, 11) is 0. The molecule has 0 aliphatic carbocycles. The molecule has 1 N–H and O–H groups in total. The Bertz CT molecular complexity index is 712. The first kappa shape index (κ1) is 20.8. The van der Waals surface area contributed by atoms with Gasteiger partial charge >= 0.3 is 0 Å². The number of hydrogen-bond acceptors (Lipinski definition) is 3. The molecule has 0 aromatic heterocycles. The minimum absolute atomic E-state index is 0.0206. The molecule has 3 rings (SSSR count). The van der Waals surface area contributed by atoms with E-state index in [1.54, 1.807) is 0 Å². The van der Waals surface area contributed by atoms with Crippen molar-refractivity contribution in [1.82, 2.24) is 15.1 Å². The van der Waals surface area contributed by atoms with Crippen molar-refractivity contribution in [1.29, 1.82) is 0 Å². The maximum absolute atomic E-state index is 12.8. The molecule has 0 bridgehead atoms. The number of carbonyl (C=O) groups excluding carboxylic acids is 2. The minimum Gasteiger partial charge on any atom is -0.354 e. The maximum Gasteiger partial charge on any atom is 0.225 e. The number of rotatable bonds is 7. The van der Waals surface area contributed by atoms with Crippen molar-refractivity contribution in [2.75, 3.05) is 19.6 Å². The van der Waals surface area contributed by atoms with Crippen LogP contribution in [0, 0.1) is 5.92 Å². The van der Waals surface area contributed by atoms with Gasteiger partial charge in [-0.2, -0.15) is 0 Å². The van der Waals surface area contributed by atoms with Crippen LogP contribution >= 0.6 is 0 Å². The van der Waals surface area contributed by atoms with Gasteiger partial charge in [0.05, 0.1) is 5.92 Å². The highest BCUT2D eigenvalue weighted by atomic mass is 16.2. The lowest BCUT2D eigenvalue weighted by molar-refractivity contribution is -0.130. The molecule has 5 heteroatoms. The van der Waals surface area contributed by atoms with Crippen molar-refractivity contribution in [2.45, 2.75) is 71.5 Å². The Kier molecular flexibility index (Phi) is 6.43. The Morgan fingerprint density at radius 3 is 2.57 bits per heavy atom. The SMILES string of the molecule is CCC(CC)N1CC(C(=O)NCC(C)(C)N2CCc3ccccc3C2)CC1=O. The average molecular weight is 386 g/mol. The van der Waals surface area contributed by atoms with Gasteiger partial charge in [0, 0.05) is 44.2 Å². The number of hydrogen-bond donors (Lipinski definition) is 1. The van der Waals surface area contributed by atoms with Crippen LogP contribution in [-0.4, -0.2) is 52.8 Å². The van der Waals surface area contributed by atoms with Crippen molar-refractivity contribution < 1.29 is 9.59 Å². The lowest BCUT2D eigenvalue weighted by atomic mass is 9.94. The third-order valence-corrected chi connectivity index (χ3v) is 6.59. The Balaban J connectivity index is 1.55. The van der Waals surface area contributed by atoms with E-state index in [1.165, 1.54) is 11.1 Å². The molecule has 28 heavy (non-hydrogen) atoms.